The van der Waals surface area contributed by atoms with E-state index in [1.54, 1.807) is 18.2 Å². The Morgan fingerprint density at radius 2 is 1.75 bits per heavy atom. The second-order valence-electron chi connectivity index (χ2n) is 6.91. The Hall–Kier alpha value is -4.12. The number of hydrogen-bond donors (Lipinski definition) is 2. The van der Waals surface area contributed by atoms with Crippen LogP contribution in [0.5, 0.6) is 0 Å². The quantitative estimate of drug-likeness (QED) is 0.312. The zero-order chi connectivity index (χ0) is 22.2. The summed E-state index contributed by atoms with van der Waals surface area (Å²) in [5, 5.41) is 18.5. The zero-order valence-electron chi connectivity index (χ0n) is 17.2. The Balaban J connectivity index is 1.54. The van der Waals surface area contributed by atoms with Crippen molar-refractivity contribution in [3.8, 4) is 0 Å². The minimum atomic E-state index is -0.452. The summed E-state index contributed by atoms with van der Waals surface area (Å²) in [4.78, 5) is 26.1. The monoisotopic (exact) mass is 434 g/mol. The van der Waals surface area contributed by atoms with Crippen molar-refractivity contribution in [3.63, 3.8) is 0 Å². The number of benzene rings is 2. The van der Waals surface area contributed by atoms with Crippen molar-refractivity contribution in [1.82, 2.24) is 15.0 Å². The normalized spacial score (nSPS) is 13.8. The molecule has 2 heterocycles. The molecular weight excluding hydrogens is 412 g/mol. The maximum Gasteiger partial charge on any atom is 0.278 e. The Kier molecular flexibility index (Phi) is 6.78. The third-order valence-electron chi connectivity index (χ3n) is 4.71. The molecule has 2 aromatic carbocycles. The van der Waals surface area contributed by atoms with Crippen LogP contribution in [0, 0.1) is 10.1 Å². The van der Waals surface area contributed by atoms with Gasteiger partial charge in [0, 0.05) is 25.7 Å². The molecule has 32 heavy (non-hydrogen) atoms. The highest BCUT2D eigenvalue weighted by Crippen LogP contribution is 2.17. The van der Waals surface area contributed by atoms with E-state index in [4.69, 9.17) is 4.74 Å². The predicted molar refractivity (Wildman–Crippen MR) is 121 cm³/mol. The minimum absolute atomic E-state index is 0.0343. The largest absolute Gasteiger partial charge is 0.378 e. The number of hydrogen-bond acceptors (Lipinski definition) is 10. The Morgan fingerprint density at radius 1 is 1.03 bits per heavy atom. The lowest BCUT2D eigenvalue weighted by molar-refractivity contribution is -0.385. The van der Waals surface area contributed by atoms with Crippen molar-refractivity contribution in [2.75, 3.05) is 41.9 Å². The number of nitrogens with one attached hydrogen (secondary N) is 2. The van der Waals surface area contributed by atoms with Gasteiger partial charge in [-0.3, -0.25) is 10.1 Å². The lowest BCUT2D eigenvalue weighted by Gasteiger charge is -2.27. The van der Waals surface area contributed by atoms with Crippen molar-refractivity contribution in [3.05, 3.63) is 75.8 Å². The van der Waals surface area contributed by atoms with E-state index in [2.05, 4.69) is 30.8 Å². The fraction of sp³-hybridized carbons (Fsp3) is 0.238. The first-order valence-corrected chi connectivity index (χ1v) is 10.1. The molecule has 11 nitrogen and oxygen atoms in total. The molecule has 1 aromatic heterocycles. The van der Waals surface area contributed by atoms with Crippen LogP contribution in [0.4, 0.5) is 23.5 Å². The van der Waals surface area contributed by atoms with Crippen LogP contribution in [-0.4, -0.2) is 52.4 Å². The first-order valence-electron chi connectivity index (χ1n) is 10.1. The van der Waals surface area contributed by atoms with Crippen molar-refractivity contribution >= 4 is 29.7 Å². The third-order valence-corrected chi connectivity index (χ3v) is 4.71. The SMILES string of the molecule is O=[N+]([O-])c1ccccc1/C=N\Nc1nc(NCc2ccccc2)nc(N2CCOCC2)n1. The highest BCUT2D eigenvalue weighted by atomic mass is 16.6. The van der Waals surface area contributed by atoms with Crippen LogP contribution in [0.25, 0.3) is 0 Å². The number of ether oxygens (including phenoxy) is 1. The Morgan fingerprint density at radius 3 is 2.53 bits per heavy atom. The lowest BCUT2D eigenvalue weighted by Crippen LogP contribution is -2.37. The summed E-state index contributed by atoms with van der Waals surface area (Å²) in [7, 11) is 0. The highest BCUT2D eigenvalue weighted by Gasteiger charge is 2.17. The fourth-order valence-corrected chi connectivity index (χ4v) is 3.10. The molecule has 0 spiro atoms. The number of anilines is 3. The van der Waals surface area contributed by atoms with Gasteiger partial charge in [0.15, 0.2) is 0 Å². The zero-order valence-corrected chi connectivity index (χ0v) is 17.2. The minimum Gasteiger partial charge on any atom is -0.378 e. The molecule has 1 fully saturated rings. The second kappa shape index (κ2) is 10.3. The molecule has 3 aromatic rings. The summed E-state index contributed by atoms with van der Waals surface area (Å²) in [5.74, 6) is 1.13. The van der Waals surface area contributed by atoms with E-state index in [1.807, 2.05) is 35.2 Å². The molecule has 164 valence electrons. The number of para-hydroxylation sites is 1. The average Bonchev–Trinajstić information content (AvgIpc) is 2.84. The highest BCUT2D eigenvalue weighted by molar-refractivity contribution is 5.85. The maximum atomic E-state index is 11.2. The molecule has 2 N–H and O–H groups in total. The van der Waals surface area contributed by atoms with Gasteiger partial charge >= 0.3 is 0 Å². The first-order chi connectivity index (χ1) is 15.7. The van der Waals surface area contributed by atoms with Crippen LogP contribution in [-0.2, 0) is 11.3 Å². The topological polar surface area (TPSA) is 131 Å². The fourth-order valence-electron chi connectivity index (χ4n) is 3.10. The maximum absolute atomic E-state index is 11.2. The molecule has 11 heteroatoms. The molecular formula is C21H22N8O3. The van der Waals surface area contributed by atoms with E-state index < -0.39 is 4.92 Å². The number of nitro benzene ring substituents is 1. The summed E-state index contributed by atoms with van der Waals surface area (Å²) >= 11 is 0. The van der Waals surface area contributed by atoms with Gasteiger partial charge in [-0.05, 0) is 11.6 Å². The number of nitrogens with zero attached hydrogens (tertiary/aromatic N) is 6. The molecule has 0 saturated carbocycles. The van der Waals surface area contributed by atoms with E-state index in [9.17, 15) is 10.1 Å². The molecule has 0 amide bonds. The standard InChI is InChI=1S/C21H22N8O3/c30-29(31)18-9-5-4-8-17(18)15-23-27-20-24-19(22-14-16-6-2-1-3-7-16)25-21(26-20)28-10-12-32-13-11-28/h1-9,15H,10-14H2,(H2,22,24,25,26,27)/b23-15-. The van der Waals surface area contributed by atoms with Gasteiger partial charge < -0.3 is 15.0 Å². The van der Waals surface area contributed by atoms with Gasteiger partial charge in [0.1, 0.15) is 0 Å². The van der Waals surface area contributed by atoms with Crippen LogP contribution in [0.15, 0.2) is 59.7 Å². The first kappa shape index (κ1) is 21.1. The molecule has 1 saturated heterocycles. The van der Waals surface area contributed by atoms with E-state index in [-0.39, 0.29) is 11.6 Å². The Labute approximate surface area is 184 Å². The van der Waals surface area contributed by atoms with Crippen LogP contribution in [0.3, 0.4) is 0 Å². The summed E-state index contributed by atoms with van der Waals surface area (Å²) in [6, 6.07) is 16.3. The summed E-state index contributed by atoms with van der Waals surface area (Å²) < 4.78 is 5.41. The number of hydrazone groups is 1. The predicted octanol–water partition coefficient (Wildman–Crippen LogP) is 2.67. The molecule has 0 aliphatic carbocycles. The number of aromatic nitrogens is 3. The van der Waals surface area contributed by atoms with Gasteiger partial charge in [-0.25, -0.2) is 5.43 Å². The van der Waals surface area contributed by atoms with Crippen LogP contribution < -0.4 is 15.6 Å². The van der Waals surface area contributed by atoms with E-state index in [1.165, 1.54) is 12.3 Å². The number of nitro groups is 1. The molecule has 1 aliphatic heterocycles. The average molecular weight is 434 g/mol. The summed E-state index contributed by atoms with van der Waals surface area (Å²) in [6.45, 7) is 3.07. The van der Waals surface area contributed by atoms with Gasteiger partial charge in [0.2, 0.25) is 17.8 Å². The molecule has 0 atom stereocenters. The Bertz CT molecular complexity index is 1090. The van der Waals surface area contributed by atoms with Gasteiger partial charge in [-0.1, -0.05) is 42.5 Å². The van der Waals surface area contributed by atoms with Crippen LogP contribution >= 0.6 is 0 Å². The van der Waals surface area contributed by atoms with Gasteiger partial charge in [0.05, 0.1) is 29.9 Å². The molecule has 0 radical (unpaired) electrons. The van der Waals surface area contributed by atoms with E-state index >= 15 is 0 Å². The van der Waals surface area contributed by atoms with Crippen LogP contribution in [0.2, 0.25) is 0 Å². The summed E-state index contributed by atoms with van der Waals surface area (Å²) in [5.41, 5.74) is 4.19. The summed E-state index contributed by atoms with van der Waals surface area (Å²) in [6.07, 6.45) is 1.37. The smallest absolute Gasteiger partial charge is 0.278 e. The van der Waals surface area contributed by atoms with Crippen LogP contribution in [0.1, 0.15) is 11.1 Å². The van der Waals surface area contributed by atoms with Crippen molar-refractivity contribution < 1.29 is 9.66 Å². The van der Waals surface area contributed by atoms with E-state index in [0.717, 1.165) is 5.56 Å². The second-order valence-corrected chi connectivity index (χ2v) is 6.91. The third kappa shape index (κ3) is 5.52. The van der Waals surface area contributed by atoms with Gasteiger partial charge in [-0.15, -0.1) is 0 Å². The molecule has 1 aliphatic rings. The molecule has 0 unspecified atom stereocenters. The van der Waals surface area contributed by atoms with E-state index in [0.29, 0.717) is 50.3 Å². The lowest BCUT2D eigenvalue weighted by atomic mass is 10.2. The number of morpholine rings is 1. The van der Waals surface area contributed by atoms with Gasteiger partial charge in [0.25, 0.3) is 5.69 Å². The molecule has 0 bridgehead atoms. The van der Waals surface area contributed by atoms with Crippen molar-refractivity contribution in [2.45, 2.75) is 6.54 Å². The van der Waals surface area contributed by atoms with Gasteiger partial charge in [-0.2, -0.15) is 20.1 Å². The van der Waals surface area contributed by atoms with Crippen molar-refractivity contribution in [2.24, 2.45) is 5.10 Å². The van der Waals surface area contributed by atoms with Crippen molar-refractivity contribution in [1.29, 1.82) is 0 Å². The number of rotatable bonds is 8. The molecule has 4 rings (SSSR count).